The van der Waals surface area contributed by atoms with Gasteiger partial charge in [0.05, 0.1) is 24.4 Å². The van der Waals surface area contributed by atoms with Crippen LogP contribution in [0.1, 0.15) is 13.8 Å². The fraction of sp³-hybridized carbons (Fsp3) is 0.467. The molecule has 7 heteroatoms. The predicted octanol–water partition coefficient (Wildman–Crippen LogP) is 3.08. The van der Waals surface area contributed by atoms with Gasteiger partial charge in [0, 0.05) is 13.1 Å². The van der Waals surface area contributed by atoms with Crippen LogP contribution in [-0.2, 0) is 11.4 Å². The van der Waals surface area contributed by atoms with E-state index in [0.717, 1.165) is 13.1 Å². The Morgan fingerprint density at radius 2 is 1.95 bits per heavy atom. The van der Waals surface area contributed by atoms with Crippen LogP contribution in [0.25, 0.3) is 11.5 Å². The average Bonchev–Trinajstić information content (AvgIpc) is 2.79. The van der Waals surface area contributed by atoms with Crippen LogP contribution in [0.2, 0.25) is 0 Å². The van der Waals surface area contributed by atoms with Crippen LogP contribution in [0.5, 0.6) is 0 Å². The van der Waals surface area contributed by atoms with Crippen molar-refractivity contribution in [3.63, 3.8) is 0 Å². The molecule has 1 aliphatic heterocycles. The summed E-state index contributed by atoms with van der Waals surface area (Å²) < 4.78 is 26.5. The number of aromatic nitrogens is 2. The molecule has 1 saturated heterocycles. The van der Waals surface area contributed by atoms with E-state index < -0.39 is 0 Å². The monoisotopic (exact) mass is 323 g/mol. The lowest BCUT2D eigenvalue weighted by Crippen LogP contribution is -2.46. The molecule has 1 fully saturated rings. The lowest BCUT2D eigenvalue weighted by Gasteiger charge is -2.34. The van der Waals surface area contributed by atoms with E-state index >= 15 is 0 Å². The zero-order chi connectivity index (χ0) is 15.7. The molecule has 1 aromatic heterocycles. The van der Waals surface area contributed by atoms with E-state index in [1.807, 2.05) is 13.8 Å². The van der Waals surface area contributed by atoms with Gasteiger partial charge in [0.2, 0.25) is 5.89 Å². The highest BCUT2D eigenvalue weighted by atomic mass is 32.1. The minimum atomic E-state index is -0.375. The molecule has 0 bridgehead atoms. The zero-order valence-corrected chi connectivity index (χ0v) is 13.3. The van der Waals surface area contributed by atoms with Crippen LogP contribution in [0, 0.1) is 10.7 Å². The number of ether oxygens (including phenoxy) is 1. The van der Waals surface area contributed by atoms with E-state index in [1.165, 1.54) is 6.07 Å². The number of nitrogens with zero attached hydrogens (tertiary/aromatic N) is 3. The topological polar surface area (TPSA) is 43.4 Å². The standard InChI is InChI=1S/C15H18FN3O2S/c1-10-7-18(8-11(2)20-10)9-19-15(22)21-14(17-19)12-5-3-4-6-13(12)16/h3-6,10-11H,7-9H2,1-2H3. The summed E-state index contributed by atoms with van der Waals surface area (Å²) in [6.45, 7) is 6.18. The maximum atomic E-state index is 13.8. The summed E-state index contributed by atoms with van der Waals surface area (Å²) in [5, 5.41) is 4.31. The Labute approximate surface area is 133 Å². The summed E-state index contributed by atoms with van der Waals surface area (Å²) in [6, 6.07) is 6.36. The van der Waals surface area contributed by atoms with Crippen LogP contribution in [0.4, 0.5) is 4.39 Å². The van der Waals surface area contributed by atoms with Crippen molar-refractivity contribution in [1.82, 2.24) is 14.7 Å². The smallest absolute Gasteiger partial charge is 0.288 e. The van der Waals surface area contributed by atoms with Gasteiger partial charge in [0.15, 0.2) is 0 Å². The predicted molar refractivity (Wildman–Crippen MR) is 82.3 cm³/mol. The van der Waals surface area contributed by atoms with Gasteiger partial charge in [-0.1, -0.05) is 12.1 Å². The SMILES string of the molecule is CC1CN(Cn2nc(-c3ccccc3F)oc2=S)CC(C)O1. The molecule has 0 radical (unpaired) electrons. The first kappa shape index (κ1) is 15.3. The molecule has 2 aromatic rings. The number of rotatable bonds is 3. The summed E-state index contributed by atoms with van der Waals surface area (Å²) in [5.41, 5.74) is 0.316. The van der Waals surface area contributed by atoms with Crippen LogP contribution >= 0.6 is 12.2 Å². The van der Waals surface area contributed by atoms with Crippen LogP contribution in [-0.4, -0.2) is 40.0 Å². The highest BCUT2D eigenvalue weighted by molar-refractivity contribution is 7.71. The third-order valence-corrected chi connectivity index (χ3v) is 3.83. The van der Waals surface area contributed by atoms with E-state index in [1.54, 1.807) is 22.9 Å². The fourth-order valence-electron chi connectivity index (χ4n) is 2.73. The Hall–Kier alpha value is -1.57. The van der Waals surface area contributed by atoms with Crippen LogP contribution < -0.4 is 0 Å². The number of morpholine rings is 1. The first-order valence-electron chi connectivity index (χ1n) is 7.23. The normalized spacial score (nSPS) is 22.9. The molecular weight excluding hydrogens is 305 g/mol. The molecule has 0 spiro atoms. The van der Waals surface area contributed by atoms with E-state index in [2.05, 4.69) is 10.00 Å². The molecule has 2 heterocycles. The summed E-state index contributed by atoms with van der Waals surface area (Å²) in [6.07, 6.45) is 0.326. The summed E-state index contributed by atoms with van der Waals surface area (Å²) >= 11 is 5.20. The van der Waals surface area contributed by atoms with Gasteiger partial charge in [-0.3, -0.25) is 4.90 Å². The highest BCUT2D eigenvalue weighted by Gasteiger charge is 2.23. The van der Waals surface area contributed by atoms with Crippen molar-refractivity contribution >= 4 is 12.2 Å². The van der Waals surface area contributed by atoms with Crippen molar-refractivity contribution in [1.29, 1.82) is 0 Å². The Morgan fingerprint density at radius 1 is 1.27 bits per heavy atom. The summed E-state index contributed by atoms with van der Waals surface area (Å²) in [7, 11) is 0. The van der Waals surface area contributed by atoms with Gasteiger partial charge in [-0.25, -0.2) is 9.07 Å². The van der Waals surface area contributed by atoms with E-state index in [0.29, 0.717) is 12.2 Å². The van der Waals surface area contributed by atoms with Gasteiger partial charge in [-0.05, 0) is 38.2 Å². The highest BCUT2D eigenvalue weighted by Crippen LogP contribution is 2.21. The third-order valence-electron chi connectivity index (χ3n) is 3.54. The second-order valence-corrected chi connectivity index (χ2v) is 5.94. The largest absolute Gasteiger partial charge is 0.409 e. The van der Waals surface area contributed by atoms with Gasteiger partial charge in [-0.2, -0.15) is 0 Å². The van der Waals surface area contributed by atoms with Crippen molar-refractivity contribution in [3.05, 3.63) is 34.9 Å². The molecular formula is C15H18FN3O2S. The molecule has 2 unspecified atom stereocenters. The minimum Gasteiger partial charge on any atom is -0.409 e. The quantitative estimate of drug-likeness (QED) is 0.812. The first-order chi connectivity index (χ1) is 10.5. The van der Waals surface area contributed by atoms with Gasteiger partial charge >= 0.3 is 0 Å². The van der Waals surface area contributed by atoms with Crippen molar-refractivity contribution in [2.45, 2.75) is 32.7 Å². The second kappa shape index (κ2) is 6.28. The van der Waals surface area contributed by atoms with Gasteiger partial charge in [-0.15, -0.1) is 5.10 Å². The molecule has 118 valence electrons. The second-order valence-electron chi connectivity index (χ2n) is 5.59. The van der Waals surface area contributed by atoms with Crippen molar-refractivity contribution in [2.24, 2.45) is 0 Å². The van der Waals surface area contributed by atoms with E-state index in [9.17, 15) is 4.39 Å². The maximum absolute atomic E-state index is 13.8. The maximum Gasteiger partial charge on any atom is 0.288 e. The Balaban J connectivity index is 1.81. The first-order valence-corrected chi connectivity index (χ1v) is 7.64. The van der Waals surface area contributed by atoms with Crippen molar-refractivity contribution in [2.75, 3.05) is 13.1 Å². The van der Waals surface area contributed by atoms with Gasteiger partial charge < -0.3 is 9.15 Å². The average molecular weight is 323 g/mol. The Morgan fingerprint density at radius 3 is 2.64 bits per heavy atom. The lowest BCUT2D eigenvalue weighted by molar-refractivity contribution is -0.0778. The Kier molecular flexibility index (Phi) is 4.37. The molecule has 1 aliphatic rings. The molecule has 0 aliphatic carbocycles. The molecule has 0 saturated carbocycles. The summed E-state index contributed by atoms with van der Waals surface area (Å²) in [5.74, 6) is -0.169. The minimum absolute atomic E-state index is 0.163. The number of benzene rings is 1. The van der Waals surface area contributed by atoms with Crippen LogP contribution in [0.15, 0.2) is 28.7 Å². The zero-order valence-electron chi connectivity index (χ0n) is 12.5. The number of hydrogen-bond acceptors (Lipinski definition) is 5. The summed E-state index contributed by atoms with van der Waals surface area (Å²) in [4.78, 5) is 2.44. The van der Waals surface area contributed by atoms with Crippen molar-refractivity contribution in [3.8, 4) is 11.5 Å². The number of hydrogen-bond donors (Lipinski definition) is 0. The van der Waals surface area contributed by atoms with E-state index in [-0.39, 0.29) is 28.8 Å². The molecule has 1 aromatic carbocycles. The number of halogens is 1. The molecule has 2 atom stereocenters. The molecule has 3 rings (SSSR count). The molecule has 5 nitrogen and oxygen atoms in total. The lowest BCUT2D eigenvalue weighted by atomic mass is 10.2. The molecule has 22 heavy (non-hydrogen) atoms. The van der Waals surface area contributed by atoms with Crippen molar-refractivity contribution < 1.29 is 13.5 Å². The van der Waals surface area contributed by atoms with Gasteiger partial charge in [0.25, 0.3) is 4.84 Å². The van der Waals surface area contributed by atoms with E-state index in [4.69, 9.17) is 21.4 Å². The molecule has 0 amide bonds. The molecule has 0 N–H and O–H groups in total. The Bertz CT molecular complexity index is 705. The van der Waals surface area contributed by atoms with Gasteiger partial charge in [0.1, 0.15) is 5.82 Å². The van der Waals surface area contributed by atoms with Crippen LogP contribution in [0.3, 0.4) is 0 Å². The third kappa shape index (κ3) is 3.26. The fourth-order valence-corrected chi connectivity index (χ4v) is 2.91.